The van der Waals surface area contributed by atoms with Gasteiger partial charge in [-0.05, 0) is 36.6 Å². The number of phenolic OH excluding ortho intramolecular Hbond substituents is 1. The van der Waals surface area contributed by atoms with Gasteiger partial charge in [0.2, 0.25) is 0 Å². The Kier molecular flexibility index (Phi) is 7.24. The highest BCUT2D eigenvalue weighted by atomic mass is 16.6. The number of anilines is 1. The third-order valence-corrected chi connectivity index (χ3v) is 4.58. The fourth-order valence-corrected chi connectivity index (χ4v) is 3.26. The molecular weight excluding hydrogens is 398 g/mol. The number of para-hydroxylation sites is 1. The lowest BCUT2D eigenvalue weighted by molar-refractivity contribution is -0.131. The second-order valence-corrected chi connectivity index (χ2v) is 6.65. The van der Waals surface area contributed by atoms with Gasteiger partial charge in [0.25, 0.3) is 0 Å². The van der Waals surface area contributed by atoms with Crippen LogP contribution in [0.15, 0.2) is 78.9 Å². The number of nitrogens with one attached hydrogen (secondary N) is 1. The minimum atomic E-state index is -1.15. The molecule has 3 N–H and O–H groups in total. The SMILES string of the molecule is CCO[C@H](/C=C/C(=O)O)[C@H](OC(=O)Nc1ccccc1)c1ccc(O)c2ccccc12. The molecule has 0 unspecified atom stereocenters. The number of carboxylic acid groups (broad SMARTS) is 1. The van der Waals surface area contributed by atoms with E-state index in [1.807, 2.05) is 6.07 Å². The van der Waals surface area contributed by atoms with Gasteiger partial charge in [-0.15, -0.1) is 0 Å². The van der Waals surface area contributed by atoms with Crippen LogP contribution in [0.25, 0.3) is 10.8 Å². The number of hydrogen-bond donors (Lipinski definition) is 3. The Hall–Kier alpha value is -3.84. The van der Waals surface area contributed by atoms with Crippen molar-refractivity contribution in [3.05, 3.63) is 84.4 Å². The average molecular weight is 421 g/mol. The highest BCUT2D eigenvalue weighted by Crippen LogP contribution is 2.35. The molecule has 0 aliphatic carbocycles. The molecule has 0 radical (unpaired) electrons. The van der Waals surface area contributed by atoms with Crippen LogP contribution < -0.4 is 5.32 Å². The molecule has 0 bridgehead atoms. The minimum absolute atomic E-state index is 0.0841. The molecule has 0 saturated carbocycles. The highest BCUT2D eigenvalue weighted by molar-refractivity contribution is 5.92. The number of carbonyl (C=O) groups excluding carboxylic acids is 1. The monoisotopic (exact) mass is 421 g/mol. The Morgan fingerprint density at radius 1 is 1.00 bits per heavy atom. The lowest BCUT2D eigenvalue weighted by atomic mass is 9.96. The van der Waals surface area contributed by atoms with E-state index in [-0.39, 0.29) is 12.4 Å². The second kappa shape index (κ2) is 10.3. The van der Waals surface area contributed by atoms with E-state index in [0.29, 0.717) is 22.0 Å². The smallest absolute Gasteiger partial charge is 0.412 e. The maximum Gasteiger partial charge on any atom is 0.412 e. The van der Waals surface area contributed by atoms with Gasteiger partial charge in [-0.3, -0.25) is 5.32 Å². The van der Waals surface area contributed by atoms with Gasteiger partial charge in [0.15, 0.2) is 6.10 Å². The molecular formula is C24H23NO6. The zero-order chi connectivity index (χ0) is 22.2. The number of aromatic hydroxyl groups is 1. The molecule has 3 rings (SSSR count). The van der Waals surface area contributed by atoms with E-state index in [4.69, 9.17) is 14.6 Å². The molecule has 0 heterocycles. The molecule has 0 aromatic heterocycles. The van der Waals surface area contributed by atoms with Gasteiger partial charge in [0.1, 0.15) is 11.9 Å². The number of hydrogen-bond acceptors (Lipinski definition) is 5. The molecule has 0 fully saturated rings. The van der Waals surface area contributed by atoms with Crippen molar-refractivity contribution in [1.82, 2.24) is 0 Å². The molecule has 3 aromatic carbocycles. The number of carboxylic acids is 1. The third kappa shape index (κ3) is 5.61. The number of benzene rings is 3. The fraction of sp³-hybridized carbons (Fsp3) is 0.167. The summed E-state index contributed by atoms with van der Waals surface area (Å²) in [5.41, 5.74) is 1.13. The maximum atomic E-state index is 12.7. The molecule has 7 nitrogen and oxygen atoms in total. The molecule has 1 amide bonds. The van der Waals surface area contributed by atoms with Gasteiger partial charge in [-0.25, -0.2) is 9.59 Å². The predicted molar refractivity (Wildman–Crippen MR) is 117 cm³/mol. The van der Waals surface area contributed by atoms with E-state index in [1.54, 1.807) is 61.5 Å². The van der Waals surface area contributed by atoms with Crippen molar-refractivity contribution in [2.45, 2.75) is 19.1 Å². The number of ether oxygens (including phenoxy) is 2. The number of rotatable bonds is 8. The normalized spacial score (nSPS) is 13.1. The number of fused-ring (bicyclic) bond motifs is 1. The Morgan fingerprint density at radius 2 is 1.68 bits per heavy atom. The summed E-state index contributed by atoms with van der Waals surface area (Å²) in [5.74, 6) is -1.06. The zero-order valence-electron chi connectivity index (χ0n) is 16.9. The van der Waals surface area contributed by atoms with Crippen LogP contribution in [0.3, 0.4) is 0 Å². The van der Waals surface area contributed by atoms with Gasteiger partial charge in [0.05, 0.1) is 0 Å². The van der Waals surface area contributed by atoms with Crippen molar-refractivity contribution < 1.29 is 29.3 Å². The van der Waals surface area contributed by atoms with Crippen molar-refractivity contribution >= 4 is 28.5 Å². The van der Waals surface area contributed by atoms with Gasteiger partial charge < -0.3 is 19.7 Å². The highest BCUT2D eigenvalue weighted by Gasteiger charge is 2.28. The molecule has 0 aliphatic rings. The third-order valence-electron chi connectivity index (χ3n) is 4.58. The van der Waals surface area contributed by atoms with Crippen molar-refractivity contribution in [3.8, 4) is 5.75 Å². The average Bonchev–Trinajstić information content (AvgIpc) is 2.76. The fourth-order valence-electron chi connectivity index (χ4n) is 3.26. The summed E-state index contributed by atoms with van der Waals surface area (Å²) in [6, 6.07) is 19.1. The lowest BCUT2D eigenvalue weighted by Crippen LogP contribution is -2.28. The standard InChI is InChI=1S/C24H23NO6/c1-2-30-21(14-15-22(27)28)23(31-24(29)25-16-8-4-3-5-9-16)19-12-13-20(26)18-11-7-6-10-17(18)19/h3-15,21,23,26H,2H2,1H3,(H,25,29)(H,27,28)/b15-14+/t21-,23-/m1/s1. The quantitative estimate of drug-likeness (QED) is 0.448. The number of aliphatic carboxylic acids is 1. The van der Waals surface area contributed by atoms with Crippen LogP contribution in [0.4, 0.5) is 10.5 Å². The Morgan fingerprint density at radius 3 is 2.35 bits per heavy atom. The summed E-state index contributed by atoms with van der Waals surface area (Å²) in [5, 5.41) is 23.2. The molecule has 0 saturated heterocycles. The van der Waals surface area contributed by atoms with Crippen molar-refractivity contribution in [1.29, 1.82) is 0 Å². The number of carbonyl (C=O) groups is 2. The zero-order valence-corrected chi connectivity index (χ0v) is 16.9. The molecule has 0 aliphatic heterocycles. The molecule has 7 heteroatoms. The summed E-state index contributed by atoms with van der Waals surface area (Å²) in [4.78, 5) is 23.8. The maximum absolute atomic E-state index is 12.7. The molecule has 160 valence electrons. The van der Waals surface area contributed by atoms with Gasteiger partial charge in [0, 0.05) is 29.3 Å². The van der Waals surface area contributed by atoms with Crippen LogP contribution in [0.2, 0.25) is 0 Å². The van der Waals surface area contributed by atoms with Crippen LogP contribution in [0, 0.1) is 0 Å². The first-order valence-electron chi connectivity index (χ1n) is 9.75. The Balaban J connectivity index is 2.02. The first-order chi connectivity index (χ1) is 15.0. The van der Waals surface area contributed by atoms with Gasteiger partial charge >= 0.3 is 12.1 Å². The Labute approximate surface area is 179 Å². The van der Waals surface area contributed by atoms with Crippen molar-refractivity contribution in [3.63, 3.8) is 0 Å². The number of phenols is 1. The summed E-state index contributed by atoms with van der Waals surface area (Å²) < 4.78 is 11.5. The van der Waals surface area contributed by atoms with E-state index < -0.39 is 24.3 Å². The first-order valence-corrected chi connectivity index (χ1v) is 9.75. The van der Waals surface area contributed by atoms with Gasteiger partial charge in [-0.1, -0.05) is 48.5 Å². The van der Waals surface area contributed by atoms with Crippen LogP contribution in [0.5, 0.6) is 5.75 Å². The lowest BCUT2D eigenvalue weighted by Gasteiger charge is -2.26. The minimum Gasteiger partial charge on any atom is -0.507 e. The summed E-state index contributed by atoms with van der Waals surface area (Å²) >= 11 is 0. The summed E-state index contributed by atoms with van der Waals surface area (Å²) in [6.45, 7) is 2.03. The summed E-state index contributed by atoms with van der Waals surface area (Å²) in [7, 11) is 0. The van der Waals surface area contributed by atoms with Crippen LogP contribution in [-0.2, 0) is 14.3 Å². The first kappa shape index (κ1) is 21.9. The van der Waals surface area contributed by atoms with E-state index in [9.17, 15) is 14.7 Å². The van der Waals surface area contributed by atoms with Crippen LogP contribution in [-0.4, -0.2) is 35.0 Å². The summed E-state index contributed by atoms with van der Waals surface area (Å²) in [6.07, 6.45) is -0.260. The van der Waals surface area contributed by atoms with E-state index in [1.165, 1.54) is 12.1 Å². The van der Waals surface area contributed by atoms with Crippen molar-refractivity contribution in [2.75, 3.05) is 11.9 Å². The van der Waals surface area contributed by atoms with E-state index in [2.05, 4.69) is 5.32 Å². The Bertz CT molecular complexity index is 1080. The predicted octanol–water partition coefficient (Wildman–Crippen LogP) is 4.88. The molecule has 0 spiro atoms. The van der Waals surface area contributed by atoms with Gasteiger partial charge in [-0.2, -0.15) is 0 Å². The topological polar surface area (TPSA) is 105 Å². The van der Waals surface area contributed by atoms with Crippen LogP contribution >= 0.6 is 0 Å². The second-order valence-electron chi connectivity index (χ2n) is 6.65. The molecule has 3 aromatic rings. The van der Waals surface area contributed by atoms with Crippen molar-refractivity contribution in [2.24, 2.45) is 0 Å². The van der Waals surface area contributed by atoms with E-state index >= 15 is 0 Å². The molecule has 31 heavy (non-hydrogen) atoms. The van der Waals surface area contributed by atoms with Crippen LogP contribution in [0.1, 0.15) is 18.6 Å². The van der Waals surface area contributed by atoms with E-state index in [0.717, 1.165) is 6.08 Å². The largest absolute Gasteiger partial charge is 0.507 e. The number of amides is 1. The molecule has 2 atom stereocenters.